The summed E-state index contributed by atoms with van der Waals surface area (Å²) in [4.78, 5) is 4.13. The molecule has 106 valence electrons. The molecule has 0 saturated carbocycles. The van der Waals surface area contributed by atoms with E-state index in [4.69, 9.17) is 11.6 Å². The van der Waals surface area contributed by atoms with Crippen molar-refractivity contribution in [2.75, 3.05) is 5.32 Å². The molecular formula is C15H12BrClN4. The van der Waals surface area contributed by atoms with Crippen LogP contribution in [0.25, 0.3) is 11.3 Å². The summed E-state index contributed by atoms with van der Waals surface area (Å²) in [5.74, 6) is 0. The molecule has 0 saturated heterocycles. The summed E-state index contributed by atoms with van der Waals surface area (Å²) in [7, 11) is 0. The average Bonchev–Trinajstić information content (AvgIpc) is 2.98. The van der Waals surface area contributed by atoms with Gasteiger partial charge in [0.2, 0.25) is 0 Å². The number of benzene rings is 1. The van der Waals surface area contributed by atoms with Crippen molar-refractivity contribution in [3.05, 3.63) is 64.0 Å². The first kappa shape index (κ1) is 14.1. The fourth-order valence-electron chi connectivity index (χ4n) is 2.01. The summed E-state index contributed by atoms with van der Waals surface area (Å²) in [6.07, 6.45) is 5.38. The average molecular weight is 364 g/mol. The second-order valence-corrected chi connectivity index (χ2v) is 5.76. The van der Waals surface area contributed by atoms with Gasteiger partial charge in [-0.1, -0.05) is 11.6 Å². The van der Waals surface area contributed by atoms with E-state index in [1.54, 1.807) is 6.20 Å². The van der Waals surface area contributed by atoms with Gasteiger partial charge in [-0.2, -0.15) is 5.10 Å². The van der Waals surface area contributed by atoms with Crippen LogP contribution in [0.1, 0.15) is 5.56 Å². The number of hydrogen-bond acceptors (Lipinski definition) is 3. The molecule has 0 bridgehead atoms. The molecule has 1 aromatic carbocycles. The van der Waals surface area contributed by atoms with Gasteiger partial charge >= 0.3 is 0 Å². The van der Waals surface area contributed by atoms with Crippen molar-refractivity contribution in [3.8, 4) is 11.3 Å². The number of H-pyrrole nitrogens is 1. The standard InChI is InChI=1S/C15H12BrClN4/c16-13-4-3-12(6-14(13)17)19-8-11-9-20-21-15(11)10-2-1-5-18-7-10/h1-7,9,19H,8H2,(H,20,21). The number of aromatic nitrogens is 3. The van der Waals surface area contributed by atoms with Crippen LogP contribution in [0, 0.1) is 0 Å². The molecule has 0 fully saturated rings. The lowest BCUT2D eigenvalue weighted by atomic mass is 10.1. The van der Waals surface area contributed by atoms with Crippen LogP contribution in [0.2, 0.25) is 5.02 Å². The molecule has 3 rings (SSSR count). The van der Waals surface area contributed by atoms with Crippen LogP contribution in [0.5, 0.6) is 0 Å². The van der Waals surface area contributed by atoms with Gasteiger partial charge in [-0.25, -0.2) is 0 Å². The van der Waals surface area contributed by atoms with E-state index in [2.05, 4.69) is 36.4 Å². The van der Waals surface area contributed by atoms with E-state index in [-0.39, 0.29) is 0 Å². The van der Waals surface area contributed by atoms with Crippen molar-refractivity contribution in [1.29, 1.82) is 0 Å². The highest BCUT2D eigenvalue weighted by Crippen LogP contribution is 2.26. The van der Waals surface area contributed by atoms with Crippen molar-refractivity contribution >= 4 is 33.2 Å². The number of hydrogen-bond donors (Lipinski definition) is 2. The third kappa shape index (κ3) is 3.25. The summed E-state index contributed by atoms with van der Waals surface area (Å²) in [6.45, 7) is 0.651. The Balaban J connectivity index is 1.77. The van der Waals surface area contributed by atoms with Crippen molar-refractivity contribution in [3.63, 3.8) is 0 Å². The molecule has 0 radical (unpaired) electrons. The molecule has 0 spiro atoms. The molecule has 0 aliphatic carbocycles. The van der Waals surface area contributed by atoms with Crippen LogP contribution >= 0.6 is 27.5 Å². The van der Waals surface area contributed by atoms with E-state index in [1.807, 2.05) is 42.7 Å². The second kappa shape index (κ2) is 6.28. The largest absolute Gasteiger partial charge is 0.381 e. The minimum atomic E-state index is 0.651. The van der Waals surface area contributed by atoms with Crippen molar-refractivity contribution in [2.45, 2.75) is 6.54 Å². The van der Waals surface area contributed by atoms with Gasteiger partial charge in [0, 0.05) is 40.2 Å². The molecule has 4 nitrogen and oxygen atoms in total. The van der Waals surface area contributed by atoms with Crippen LogP contribution in [0.15, 0.2) is 53.4 Å². The Kier molecular flexibility index (Phi) is 4.22. The topological polar surface area (TPSA) is 53.6 Å². The van der Waals surface area contributed by atoms with Crippen molar-refractivity contribution in [1.82, 2.24) is 15.2 Å². The zero-order valence-electron chi connectivity index (χ0n) is 11.0. The normalized spacial score (nSPS) is 10.6. The predicted molar refractivity (Wildman–Crippen MR) is 88.3 cm³/mol. The lowest BCUT2D eigenvalue weighted by Gasteiger charge is -2.08. The fraction of sp³-hybridized carbons (Fsp3) is 0.0667. The van der Waals surface area contributed by atoms with Crippen LogP contribution in [0.4, 0.5) is 5.69 Å². The number of rotatable bonds is 4. The molecule has 3 aromatic rings. The first-order valence-corrected chi connectivity index (χ1v) is 7.52. The second-order valence-electron chi connectivity index (χ2n) is 4.49. The Labute approximate surface area is 135 Å². The molecule has 2 aromatic heterocycles. The van der Waals surface area contributed by atoms with E-state index in [0.29, 0.717) is 11.6 Å². The molecule has 2 heterocycles. The highest BCUT2D eigenvalue weighted by molar-refractivity contribution is 9.10. The van der Waals surface area contributed by atoms with Gasteiger partial charge in [0.05, 0.1) is 16.9 Å². The third-order valence-corrected chi connectivity index (χ3v) is 4.30. The van der Waals surface area contributed by atoms with E-state index in [1.165, 1.54) is 0 Å². The molecule has 2 N–H and O–H groups in total. The Morgan fingerprint density at radius 1 is 1.24 bits per heavy atom. The van der Waals surface area contributed by atoms with Crippen LogP contribution < -0.4 is 5.32 Å². The maximum atomic E-state index is 6.09. The summed E-state index contributed by atoms with van der Waals surface area (Å²) < 4.78 is 0.883. The van der Waals surface area contributed by atoms with Gasteiger partial charge in [-0.3, -0.25) is 10.1 Å². The first-order chi connectivity index (χ1) is 10.2. The molecule has 21 heavy (non-hydrogen) atoms. The van der Waals surface area contributed by atoms with Crippen molar-refractivity contribution in [2.24, 2.45) is 0 Å². The zero-order chi connectivity index (χ0) is 14.7. The van der Waals surface area contributed by atoms with E-state index in [9.17, 15) is 0 Å². The molecule has 0 aliphatic heterocycles. The Morgan fingerprint density at radius 2 is 2.14 bits per heavy atom. The SMILES string of the molecule is Clc1cc(NCc2cn[nH]c2-c2cccnc2)ccc1Br. The van der Waals surface area contributed by atoms with Crippen LogP contribution in [0.3, 0.4) is 0 Å². The Hall–Kier alpha value is -1.85. The summed E-state index contributed by atoms with van der Waals surface area (Å²) in [6, 6.07) is 9.68. The molecule has 0 aliphatic rings. The first-order valence-electron chi connectivity index (χ1n) is 6.35. The van der Waals surface area contributed by atoms with Gasteiger partial charge in [0.15, 0.2) is 0 Å². The lowest BCUT2D eigenvalue weighted by Crippen LogP contribution is -2.00. The minimum Gasteiger partial charge on any atom is -0.381 e. The van der Waals surface area contributed by atoms with Gasteiger partial charge in [-0.05, 0) is 46.3 Å². The molecule has 0 amide bonds. The fourth-order valence-corrected chi connectivity index (χ4v) is 2.44. The number of nitrogens with zero attached hydrogens (tertiary/aromatic N) is 2. The summed E-state index contributed by atoms with van der Waals surface area (Å²) >= 11 is 9.47. The van der Waals surface area contributed by atoms with E-state index < -0.39 is 0 Å². The minimum absolute atomic E-state index is 0.651. The quantitative estimate of drug-likeness (QED) is 0.717. The number of nitrogens with one attached hydrogen (secondary N) is 2. The maximum absolute atomic E-state index is 6.09. The lowest BCUT2D eigenvalue weighted by molar-refractivity contribution is 1.09. The third-order valence-electron chi connectivity index (χ3n) is 3.07. The van der Waals surface area contributed by atoms with E-state index >= 15 is 0 Å². The van der Waals surface area contributed by atoms with Gasteiger partial charge in [0.25, 0.3) is 0 Å². The van der Waals surface area contributed by atoms with Crippen LogP contribution in [-0.2, 0) is 6.54 Å². The highest BCUT2D eigenvalue weighted by Gasteiger charge is 2.08. The van der Waals surface area contributed by atoms with Gasteiger partial charge < -0.3 is 5.32 Å². The zero-order valence-corrected chi connectivity index (χ0v) is 13.3. The van der Waals surface area contributed by atoms with E-state index in [0.717, 1.165) is 27.0 Å². The smallest absolute Gasteiger partial charge is 0.0715 e. The highest BCUT2D eigenvalue weighted by atomic mass is 79.9. The van der Waals surface area contributed by atoms with Gasteiger partial charge in [0.1, 0.15) is 0 Å². The predicted octanol–water partition coefficient (Wildman–Crippen LogP) is 4.50. The Morgan fingerprint density at radius 3 is 2.90 bits per heavy atom. The van der Waals surface area contributed by atoms with Crippen molar-refractivity contribution < 1.29 is 0 Å². The molecule has 0 atom stereocenters. The van der Waals surface area contributed by atoms with Gasteiger partial charge in [-0.15, -0.1) is 0 Å². The number of aromatic amines is 1. The number of pyridine rings is 1. The monoisotopic (exact) mass is 362 g/mol. The number of halogens is 2. The summed E-state index contributed by atoms with van der Waals surface area (Å²) in [5.41, 5.74) is 4.02. The molecule has 0 unspecified atom stereocenters. The number of anilines is 1. The molecular weight excluding hydrogens is 352 g/mol. The molecule has 6 heteroatoms. The Bertz CT molecular complexity index is 742. The summed E-state index contributed by atoms with van der Waals surface area (Å²) in [5, 5.41) is 11.2. The van der Waals surface area contributed by atoms with Crippen LogP contribution in [-0.4, -0.2) is 15.2 Å². The maximum Gasteiger partial charge on any atom is 0.0715 e.